The van der Waals surface area contributed by atoms with E-state index in [2.05, 4.69) is 47.1 Å². The smallest absolute Gasteiger partial charge is 0.326 e. The lowest BCUT2D eigenvalue weighted by molar-refractivity contribution is -0.142. The van der Waals surface area contributed by atoms with Gasteiger partial charge in [-0.05, 0) is 77.1 Å². The molecule has 12 heteroatoms. The van der Waals surface area contributed by atoms with Crippen LogP contribution in [0.2, 0.25) is 0 Å². The second kappa shape index (κ2) is 16.7. The Morgan fingerprint density at radius 3 is 2.15 bits per heavy atom. The molecule has 270 valence electrons. The maximum Gasteiger partial charge on any atom is 0.326 e. The highest BCUT2D eigenvalue weighted by atomic mass is 16.4. The van der Waals surface area contributed by atoms with Crippen molar-refractivity contribution in [2.45, 2.75) is 51.1 Å². The van der Waals surface area contributed by atoms with E-state index in [0.29, 0.717) is 11.1 Å². The Hall–Kier alpha value is -6.17. The number of phenolic OH excluding ortho intramolecular Hbond substituents is 2. The standard InChI is InChI=1S/C40H42N4O8/c1-3-4-5-24-6-9-26(10-7-24)27-11-13-28(14-12-27)38(49)41-19-18-36(48)44(2)37-29-15-17-34(46)31(22-29)30-20-25(8-16-33(30)45)21-32(40(51)52)43-35(47)23-42-39(37)50/h6-17,20,22,32,37,45-46H,3-5,18-19,21,23H2,1-2H3,(H,41,49)(H,42,50)(H,43,47)(H,51,52). The van der Waals surface area contributed by atoms with Crippen molar-refractivity contribution in [2.24, 2.45) is 0 Å². The molecule has 4 bridgehead atoms. The van der Waals surface area contributed by atoms with Crippen LogP contribution in [0, 0.1) is 0 Å². The zero-order valence-electron chi connectivity index (χ0n) is 29.0. The van der Waals surface area contributed by atoms with Crippen LogP contribution < -0.4 is 16.0 Å². The van der Waals surface area contributed by atoms with Crippen LogP contribution in [0.25, 0.3) is 22.3 Å². The van der Waals surface area contributed by atoms with Crippen LogP contribution in [0.1, 0.15) is 59.3 Å². The number of nitrogens with one attached hydrogen (secondary N) is 3. The van der Waals surface area contributed by atoms with Gasteiger partial charge >= 0.3 is 5.97 Å². The summed E-state index contributed by atoms with van der Waals surface area (Å²) >= 11 is 0. The number of amides is 4. The largest absolute Gasteiger partial charge is 0.507 e. The van der Waals surface area contributed by atoms with Gasteiger partial charge in [0.05, 0.1) is 6.54 Å². The van der Waals surface area contributed by atoms with Gasteiger partial charge in [0, 0.05) is 43.1 Å². The van der Waals surface area contributed by atoms with Gasteiger partial charge < -0.3 is 36.2 Å². The van der Waals surface area contributed by atoms with Crippen molar-refractivity contribution >= 4 is 29.6 Å². The second-order valence-electron chi connectivity index (χ2n) is 12.8. The first-order valence-corrected chi connectivity index (χ1v) is 17.1. The van der Waals surface area contributed by atoms with Crippen molar-refractivity contribution in [1.29, 1.82) is 0 Å². The van der Waals surface area contributed by atoms with Gasteiger partial charge in [0.15, 0.2) is 0 Å². The average Bonchev–Trinajstić information content (AvgIpc) is 3.14. The first kappa shape index (κ1) is 37.1. The number of hydrogen-bond donors (Lipinski definition) is 6. The fourth-order valence-electron chi connectivity index (χ4n) is 6.13. The minimum absolute atomic E-state index is 0.0300. The van der Waals surface area contributed by atoms with Gasteiger partial charge in [-0.15, -0.1) is 0 Å². The molecule has 52 heavy (non-hydrogen) atoms. The number of carbonyl (C=O) groups is 5. The van der Waals surface area contributed by atoms with Crippen LogP contribution in [-0.4, -0.2) is 76.0 Å². The monoisotopic (exact) mass is 706 g/mol. The molecular formula is C40H42N4O8. The molecule has 1 heterocycles. The van der Waals surface area contributed by atoms with Gasteiger partial charge in [0.1, 0.15) is 23.6 Å². The number of unbranched alkanes of at least 4 members (excludes halogenated alkanes) is 1. The average molecular weight is 707 g/mol. The van der Waals surface area contributed by atoms with E-state index in [0.717, 1.165) is 30.4 Å². The predicted molar refractivity (Wildman–Crippen MR) is 194 cm³/mol. The van der Waals surface area contributed by atoms with E-state index in [1.165, 1.54) is 53.9 Å². The maximum atomic E-state index is 13.6. The SMILES string of the molecule is CCCCc1ccc(-c2ccc(C(=O)NCCC(=O)N(C)C3C(=O)NCC(=O)NC(C(=O)O)Cc4ccc(O)c(c4)-c4cc3ccc4O)cc2)cc1. The number of phenols is 2. The molecule has 0 aromatic heterocycles. The Morgan fingerprint density at radius 1 is 0.865 bits per heavy atom. The summed E-state index contributed by atoms with van der Waals surface area (Å²) < 4.78 is 0. The number of aromatic hydroxyl groups is 2. The third-order valence-corrected chi connectivity index (χ3v) is 9.09. The van der Waals surface area contributed by atoms with Gasteiger partial charge in [-0.25, -0.2) is 4.79 Å². The quantitative estimate of drug-likeness (QED) is 0.141. The summed E-state index contributed by atoms with van der Waals surface area (Å²) in [6.45, 7) is 1.57. The number of carboxylic acids is 1. The van der Waals surface area contributed by atoms with Gasteiger partial charge in [-0.2, -0.15) is 0 Å². The highest BCUT2D eigenvalue weighted by Crippen LogP contribution is 2.38. The lowest BCUT2D eigenvalue weighted by Gasteiger charge is -2.29. The number of aryl methyl sites for hydroxylation is 1. The summed E-state index contributed by atoms with van der Waals surface area (Å²) in [6.07, 6.45) is 3.02. The van der Waals surface area contributed by atoms with Gasteiger partial charge in [0.25, 0.3) is 5.91 Å². The van der Waals surface area contributed by atoms with Crippen molar-refractivity contribution in [2.75, 3.05) is 20.1 Å². The first-order valence-electron chi connectivity index (χ1n) is 17.1. The lowest BCUT2D eigenvalue weighted by Crippen LogP contribution is -2.49. The summed E-state index contributed by atoms with van der Waals surface area (Å²) in [5.74, 6) is -4.13. The van der Waals surface area contributed by atoms with Gasteiger partial charge in [-0.3, -0.25) is 19.2 Å². The zero-order chi connectivity index (χ0) is 37.4. The van der Waals surface area contributed by atoms with E-state index in [-0.39, 0.29) is 53.5 Å². The minimum Gasteiger partial charge on any atom is -0.507 e. The molecule has 2 unspecified atom stereocenters. The molecule has 12 nitrogen and oxygen atoms in total. The van der Waals surface area contributed by atoms with Crippen molar-refractivity contribution in [3.63, 3.8) is 0 Å². The van der Waals surface area contributed by atoms with Crippen LogP contribution in [0.5, 0.6) is 11.5 Å². The van der Waals surface area contributed by atoms with Crippen LogP contribution in [0.4, 0.5) is 0 Å². The maximum absolute atomic E-state index is 13.6. The van der Waals surface area contributed by atoms with Gasteiger partial charge in [0.2, 0.25) is 17.7 Å². The van der Waals surface area contributed by atoms with E-state index < -0.39 is 42.3 Å². The molecule has 0 saturated carbocycles. The second-order valence-corrected chi connectivity index (χ2v) is 12.8. The molecule has 1 aliphatic heterocycles. The molecule has 5 rings (SSSR count). The van der Waals surface area contributed by atoms with Crippen LogP contribution in [0.15, 0.2) is 84.9 Å². The normalized spacial score (nSPS) is 15.8. The number of benzene rings is 4. The Kier molecular flexibility index (Phi) is 11.9. The summed E-state index contributed by atoms with van der Waals surface area (Å²) in [6, 6.07) is 21.5. The Bertz CT molecular complexity index is 1960. The lowest BCUT2D eigenvalue weighted by atomic mass is 9.94. The number of hydrogen-bond acceptors (Lipinski definition) is 7. The molecule has 0 radical (unpaired) electrons. The molecule has 4 aromatic carbocycles. The van der Waals surface area contributed by atoms with Crippen LogP contribution in [0.3, 0.4) is 0 Å². The van der Waals surface area contributed by atoms with Gasteiger partial charge in [-0.1, -0.05) is 61.9 Å². The molecule has 1 aliphatic rings. The van der Waals surface area contributed by atoms with Crippen LogP contribution in [-0.2, 0) is 32.0 Å². The Morgan fingerprint density at radius 2 is 1.50 bits per heavy atom. The van der Waals surface area contributed by atoms with E-state index in [4.69, 9.17) is 0 Å². The molecule has 2 atom stereocenters. The summed E-state index contributed by atoms with van der Waals surface area (Å²) in [7, 11) is 1.40. The zero-order valence-corrected chi connectivity index (χ0v) is 29.0. The third kappa shape index (κ3) is 8.94. The van der Waals surface area contributed by atoms with E-state index >= 15 is 0 Å². The fourth-order valence-corrected chi connectivity index (χ4v) is 6.13. The number of carbonyl (C=O) groups excluding carboxylic acids is 4. The number of rotatable bonds is 10. The number of likely N-dealkylation sites (N-methyl/N-ethyl adjacent to an activating group) is 1. The number of fused-ring (bicyclic) bond motifs is 5. The highest BCUT2D eigenvalue weighted by molar-refractivity contribution is 5.95. The summed E-state index contributed by atoms with van der Waals surface area (Å²) in [5.41, 5.74) is 4.75. The first-order chi connectivity index (χ1) is 24.9. The third-order valence-electron chi connectivity index (χ3n) is 9.09. The van der Waals surface area contributed by atoms with E-state index in [1.807, 2.05) is 12.1 Å². The number of nitrogens with zero attached hydrogens (tertiary/aromatic N) is 1. The Balaban J connectivity index is 1.30. The van der Waals surface area contributed by atoms with E-state index in [1.54, 1.807) is 12.1 Å². The van der Waals surface area contributed by atoms with Crippen LogP contribution >= 0.6 is 0 Å². The molecule has 6 N–H and O–H groups in total. The van der Waals surface area contributed by atoms with Crippen molar-refractivity contribution in [1.82, 2.24) is 20.9 Å². The minimum atomic E-state index is -1.34. The van der Waals surface area contributed by atoms with E-state index in [9.17, 15) is 39.3 Å². The van der Waals surface area contributed by atoms with Crippen molar-refractivity contribution < 1.29 is 39.3 Å². The molecule has 0 fully saturated rings. The molecule has 0 aliphatic carbocycles. The summed E-state index contributed by atoms with van der Waals surface area (Å²) in [5, 5.41) is 38.8. The fraction of sp³-hybridized carbons (Fsp3) is 0.275. The molecule has 0 saturated heterocycles. The number of aliphatic carboxylic acids is 1. The molecular weight excluding hydrogens is 664 g/mol. The molecule has 4 aromatic rings. The van der Waals surface area contributed by atoms with Crippen molar-refractivity contribution in [3.05, 3.63) is 107 Å². The topological polar surface area (TPSA) is 185 Å². The molecule has 4 amide bonds. The summed E-state index contributed by atoms with van der Waals surface area (Å²) in [4.78, 5) is 65.8. The molecule has 0 spiro atoms. The van der Waals surface area contributed by atoms with Crippen molar-refractivity contribution in [3.8, 4) is 33.8 Å². The highest BCUT2D eigenvalue weighted by Gasteiger charge is 2.31. The predicted octanol–water partition coefficient (Wildman–Crippen LogP) is 4.34. The number of carboxylic acid groups (broad SMARTS) is 1. The Labute approximate surface area is 301 Å².